The van der Waals surface area contributed by atoms with Crippen molar-refractivity contribution in [3.8, 4) is 11.5 Å². The third kappa shape index (κ3) is 13.9. The average molecular weight is 1190 g/mol. The first-order chi connectivity index (χ1) is 36.2. The van der Waals surface area contributed by atoms with Gasteiger partial charge in [-0.15, -0.1) is 3.71 Å². The highest BCUT2D eigenvalue weighted by molar-refractivity contribution is 8.11. The molecule has 19 nitrogen and oxygen atoms in total. The standard InChI is InChI=1S/C20H19F3N2O6S.C19H20N2O4.C8H5F6NO4S2.CH4/c1-24-15-8-9-16(31-32(29,30)20(21,22)23)14(12-13-6-3-2-4-7-13)17(15)18(27)25(19(24)28)10-5-11-26;1-20-15-8-9-16(23)14(12-13-6-3-2-4-7-13)17(15)18(24)21(19(20)25)10-5-11-22;9-7(10,11)20(16,17)15(6-4-2-1-3-5-6)21(18,19)8(12,13)14;/h2-4,6-9,26H,5,10-12H2,1H3;2-4,6-9,22-23H,5,10-12H2,1H3;1-5H;1H4. The molecule has 0 aliphatic rings. The van der Waals surface area contributed by atoms with Crippen molar-refractivity contribution in [1.29, 1.82) is 0 Å². The number of phenolic OH excluding ortho intramolecular Hbond substituents is 1. The van der Waals surface area contributed by atoms with Gasteiger partial charge in [0.15, 0.2) is 0 Å². The molecule has 430 valence electrons. The third-order valence-electron chi connectivity index (χ3n) is 11.2. The number of aliphatic hydroxyl groups excluding tert-OH is 2. The first kappa shape index (κ1) is 64.0. The highest BCUT2D eigenvalue weighted by Gasteiger charge is 2.61. The van der Waals surface area contributed by atoms with E-state index in [1.807, 2.05) is 30.3 Å². The van der Waals surface area contributed by atoms with Crippen molar-refractivity contribution in [3.05, 3.63) is 179 Å². The van der Waals surface area contributed by atoms with Crippen LogP contribution in [0, 0.1) is 0 Å². The number of aliphatic hydroxyl groups is 2. The van der Waals surface area contributed by atoms with E-state index in [4.69, 9.17) is 10.2 Å². The number of hydrogen-bond acceptors (Lipinski definition) is 14. The quantitative estimate of drug-likeness (QED) is 0.0595. The summed E-state index contributed by atoms with van der Waals surface area (Å²) < 4.78 is 189. The number of alkyl halides is 9. The van der Waals surface area contributed by atoms with Gasteiger partial charge in [0.1, 0.15) is 11.5 Å². The molecule has 0 unspecified atom stereocenters. The number of nitrogens with zero attached hydrogens (tertiary/aromatic N) is 5. The zero-order valence-corrected chi connectivity index (χ0v) is 42.8. The predicted molar refractivity (Wildman–Crippen MR) is 272 cm³/mol. The molecule has 0 radical (unpaired) electrons. The van der Waals surface area contributed by atoms with Gasteiger partial charge in [-0.2, -0.15) is 64.8 Å². The molecule has 0 aliphatic heterocycles. The van der Waals surface area contributed by atoms with Crippen LogP contribution in [0.5, 0.6) is 11.5 Å². The second kappa shape index (κ2) is 25.1. The zero-order valence-electron chi connectivity index (χ0n) is 40.3. The molecule has 0 saturated carbocycles. The lowest BCUT2D eigenvalue weighted by molar-refractivity contribution is -0.0501. The highest BCUT2D eigenvalue weighted by atomic mass is 32.3. The van der Waals surface area contributed by atoms with Crippen LogP contribution >= 0.6 is 0 Å². The maximum absolute atomic E-state index is 13.2. The largest absolute Gasteiger partial charge is 0.534 e. The molecule has 79 heavy (non-hydrogen) atoms. The van der Waals surface area contributed by atoms with Gasteiger partial charge in [-0.05, 0) is 60.4 Å². The van der Waals surface area contributed by atoms with E-state index >= 15 is 0 Å². The Bertz CT molecular complexity index is 3850. The smallest absolute Gasteiger partial charge is 0.508 e. The molecule has 3 N–H and O–H groups in total. The molecule has 5 aromatic carbocycles. The fraction of sp³-hybridized carbons (Fsp3) is 0.292. The molecule has 2 heterocycles. The van der Waals surface area contributed by atoms with Gasteiger partial charge in [-0.1, -0.05) is 86.3 Å². The zero-order chi connectivity index (χ0) is 58.3. The Hall–Kier alpha value is -7.48. The van der Waals surface area contributed by atoms with E-state index in [0.29, 0.717) is 47.0 Å². The summed E-state index contributed by atoms with van der Waals surface area (Å²) in [5, 5.41) is 28.6. The van der Waals surface area contributed by atoms with Crippen LogP contribution in [0.25, 0.3) is 21.8 Å². The van der Waals surface area contributed by atoms with Crippen molar-refractivity contribution >= 4 is 57.7 Å². The molecule has 0 atom stereocenters. The van der Waals surface area contributed by atoms with Crippen molar-refractivity contribution in [2.45, 2.75) is 62.7 Å². The van der Waals surface area contributed by atoms with Gasteiger partial charge in [0.25, 0.3) is 11.1 Å². The lowest BCUT2D eigenvalue weighted by Gasteiger charge is -2.25. The van der Waals surface area contributed by atoms with E-state index in [0.717, 1.165) is 49.6 Å². The van der Waals surface area contributed by atoms with Crippen LogP contribution in [0.1, 0.15) is 42.5 Å². The van der Waals surface area contributed by atoms with Gasteiger partial charge in [-0.3, -0.25) is 27.9 Å². The number of halogens is 9. The minimum Gasteiger partial charge on any atom is -0.508 e. The number of aromatic nitrogens is 4. The maximum Gasteiger partial charge on any atom is 0.534 e. The first-order valence-electron chi connectivity index (χ1n) is 22.2. The fourth-order valence-electron chi connectivity index (χ4n) is 7.48. The average Bonchev–Trinajstić information content (AvgIpc) is 3.43. The Labute approximate surface area is 443 Å². The van der Waals surface area contributed by atoms with Gasteiger partial charge in [0.05, 0.1) is 27.5 Å². The van der Waals surface area contributed by atoms with Gasteiger partial charge in [0, 0.05) is 64.4 Å². The molecule has 2 aromatic heterocycles. The van der Waals surface area contributed by atoms with Crippen LogP contribution < -0.4 is 30.4 Å². The van der Waals surface area contributed by atoms with Gasteiger partial charge >= 0.3 is 58.1 Å². The topological polar surface area (TPSA) is 264 Å². The van der Waals surface area contributed by atoms with Crippen LogP contribution in [-0.4, -0.2) is 88.6 Å². The van der Waals surface area contributed by atoms with E-state index in [2.05, 4.69) is 4.18 Å². The van der Waals surface area contributed by atoms with Crippen molar-refractivity contribution in [2.75, 3.05) is 16.9 Å². The monoisotopic (exact) mass is 1190 g/mol. The summed E-state index contributed by atoms with van der Waals surface area (Å²) in [6.45, 7) is -0.394. The molecule has 0 fully saturated rings. The Morgan fingerprint density at radius 3 is 1.27 bits per heavy atom. The molecule has 0 bridgehead atoms. The number of anilines is 1. The minimum atomic E-state index is -6.81. The van der Waals surface area contributed by atoms with Crippen LogP contribution in [0.4, 0.5) is 45.2 Å². The van der Waals surface area contributed by atoms with E-state index < -0.39 is 84.3 Å². The van der Waals surface area contributed by atoms with Crippen LogP contribution in [0.2, 0.25) is 0 Å². The van der Waals surface area contributed by atoms with Crippen molar-refractivity contribution in [2.24, 2.45) is 14.1 Å². The molecule has 0 spiro atoms. The molecule has 7 rings (SSSR count). The number of hydrogen-bond donors (Lipinski definition) is 3. The third-order valence-corrected chi connectivity index (χ3v) is 15.8. The number of aryl methyl sites for hydroxylation is 2. The molecule has 0 amide bonds. The summed E-state index contributed by atoms with van der Waals surface area (Å²) in [4.78, 5) is 51.1. The van der Waals surface area contributed by atoms with E-state index in [1.165, 1.54) is 17.7 Å². The molecule has 31 heteroatoms. The Morgan fingerprint density at radius 1 is 0.519 bits per heavy atom. The molecule has 7 aromatic rings. The Kier molecular flexibility index (Phi) is 20.4. The first-order valence-corrected chi connectivity index (χ1v) is 26.5. The normalized spacial score (nSPS) is 12.2. The van der Waals surface area contributed by atoms with Crippen molar-refractivity contribution in [3.63, 3.8) is 0 Å². The van der Waals surface area contributed by atoms with Crippen LogP contribution in [0.3, 0.4) is 0 Å². The molecular weight excluding hydrogens is 1140 g/mol. The van der Waals surface area contributed by atoms with Gasteiger partial charge < -0.3 is 19.5 Å². The van der Waals surface area contributed by atoms with Gasteiger partial charge in [0.2, 0.25) is 0 Å². The predicted octanol–water partition coefficient (Wildman–Crippen LogP) is 6.11. The number of rotatable bonds is 15. The second-order valence-corrected chi connectivity index (χ2v) is 21.7. The minimum absolute atomic E-state index is 0. The second-order valence-electron chi connectivity index (χ2n) is 16.4. The van der Waals surface area contributed by atoms with Crippen LogP contribution in [-0.2, 0) is 70.2 Å². The van der Waals surface area contributed by atoms with E-state index in [-0.39, 0.29) is 68.8 Å². The lowest BCUT2D eigenvalue weighted by Crippen LogP contribution is -2.49. The SMILES string of the molecule is C.Cn1c(=O)n(CCCO)c(=O)c2c(Cc3ccccc3)c(O)ccc21.Cn1c(=O)n(CCCO)c(=O)c2c(Cc3ccccc3)c(OS(=O)(=O)C(F)(F)F)ccc21.O=S(=O)(N(c1ccccc1)S(=O)(=O)C(F)(F)F)C(F)(F)F. The molecule has 0 saturated heterocycles. The molecular formula is C48H48F9N5O14S3. The number of para-hydroxylation sites is 1. The lowest BCUT2D eigenvalue weighted by atomic mass is 10.00. The Balaban J connectivity index is 0.000000260. The number of phenols is 1. The van der Waals surface area contributed by atoms with Gasteiger partial charge in [-0.25, -0.2) is 9.59 Å². The van der Waals surface area contributed by atoms with E-state index in [1.54, 1.807) is 43.4 Å². The summed E-state index contributed by atoms with van der Waals surface area (Å²) in [5.41, 5.74) is -19.3. The summed E-state index contributed by atoms with van der Waals surface area (Å²) in [6.07, 6.45) is 0.659. The summed E-state index contributed by atoms with van der Waals surface area (Å²) >= 11 is 0. The number of fused-ring (bicyclic) bond motifs is 2. The van der Waals surface area contributed by atoms with Crippen molar-refractivity contribution < 1.29 is 84.3 Å². The van der Waals surface area contributed by atoms with Crippen molar-refractivity contribution in [1.82, 2.24) is 18.3 Å². The number of benzene rings is 5. The van der Waals surface area contributed by atoms with Crippen LogP contribution in [0.15, 0.2) is 134 Å². The van der Waals surface area contributed by atoms with E-state index in [9.17, 15) is 89.1 Å². The number of aromatic hydroxyl groups is 1. The Morgan fingerprint density at radius 2 is 0.886 bits per heavy atom. The summed E-state index contributed by atoms with van der Waals surface area (Å²) in [5.74, 6) is -0.635. The fourth-order valence-corrected chi connectivity index (χ4v) is 10.7. The number of sulfonamides is 2. The summed E-state index contributed by atoms with van der Waals surface area (Å²) in [7, 11) is -16.6. The molecule has 0 aliphatic carbocycles. The maximum atomic E-state index is 13.2. The summed E-state index contributed by atoms with van der Waals surface area (Å²) in [6, 6.07) is 27.0. The highest BCUT2D eigenvalue weighted by Crippen LogP contribution is 2.39.